The Kier molecular flexibility index (Phi) is 8.33. The topological polar surface area (TPSA) is 109 Å². The Morgan fingerprint density at radius 3 is 2.54 bits per heavy atom. The van der Waals surface area contributed by atoms with Gasteiger partial charge in [0, 0.05) is 36.0 Å². The third-order valence-electron chi connectivity index (χ3n) is 7.12. The number of amides is 2. The van der Waals surface area contributed by atoms with Gasteiger partial charge < -0.3 is 29.7 Å². The van der Waals surface area contributed by atoms with E-state index >= 15 is 0 Å². The SMILES string of the molecule is C=C/C=C\C(=C/C)NC(=O)Nc1ccc(-c2nc(N3CCOCC3)c3onc(C4CCN(C)CC4)c3n2)cc1. The Hall–Kier alpha value is -4.02. The number of likely N-dealkylation sites (tertiary alicyclic amines) is 1. The number of ether oxygens (including phenoxy) is 1. The zero-order valence-corrected chi connectivity index (χ0v) is 22.5. The summed E-state index contributed by atoms with van der Waals surface area (Å²) >= 11 is 0. The molecule has 0 bridgehead atoms. The molecule has 0 saturated carbocycles. The monoisotopic (exact) mass is 529 g/mol. The van der Waals surface area contributed by atoms with Crippen molar-refractivity contribution >= 4 is 28.6 Å². The Morgan fingerprint density at radius 2 is 1.85 bits per heavy atom. The van der Waals surface area contributed by atoms with Crippen molar-refractivity contribution in [1.29, 1.82) is 0 Å². The van der Waals surface area contributed by atoms with Gasteiger partial charge in [0.05, 0.1) is 13.2 Å². The fourth-order valence-corrected chi connectivity index (χ4v) is 4.88. The van der Waals surface area contributed by atoms with E-state index in [1.807, 2.05) is 37.3 Å². The highest BCUT2D eigenvalue weighted by atomic mass is 16.5. The lowest BCUT2D eigenvalue weighted by Crippen LogP contribution is -2.37. The van der Waals surface area contributed by atoms with Gasteiger partial charge >= 0.3 is 6.03 Å². The second-order valence-electron chi connectivity index (χ2n) is 9.79. The van der Waals surface area contributed by atoms with Gasteiger partial charge in [-0.3, -0.25) is 0 Å². The van der Waals surface area contributed by atoms with Crippen molar-refractivity contribution in [2.75, 3.05) is 56.7 Å². The number of aromatic nitrogens is 3. The highest BCUT2D eigenvalue weighted by molar-refractivity contribution is 5.91. The molecule has 2 aliphatic rings. The molecule has 39 heavy (non-hydrogen) atoms. The third kappa shape index (κ3) is 6.18. The zero-order chi connectivity index (χ0) is 27.2. The van der Waals surface area contributed by atoms with Gasteiger partial charge in [0.1, 0.15) is 11.2 Å². The molecule has 3 aromatic rings. The number of nitrogens with zero attached hydrogens (tertiary/aromatic N) is 5. The maximum atomic E-state index is 12.5. The van der Waals surface area contributed by atoms with Crippen molar-refractivity contribution < 1.29 is 14.1 Å². The van der Waals surface area contributed by atoms with Gasteiger partial charge in [-0.25, -0.2) is 14.8 Å². The molecule has 5 rings (SSSR count). The second-order valence-corrected chi connectivity index (χ2v) is 9.79. The van der Waals surface area contributed by atoms with Gasteiger partial charge in [0.2, 0.25) is 5.58 Å². The first-order valence-corrected chi connectivity index (χ1v) is 13.4. The second kappa shape index (κ2) is 12.2. The van der Waals surface area contributed by atoms with Crippen LogP contribution in [-0.4, -0.2) is 72.5 Å². The molecule has 4 heterocycles. The quantitative estimate of drug-likeness (QED) is 0.424. The van der Waals surface area contributed by atoms with Crippen molar-refractivity contribution in [3.05, 3.63) is 66.5 Å². The van der Waals surface area contributed by atoms with Gasteiger partial charge in [0.25, 0.3) is 0 Å². The van der Waals surface area contributed by atoms with Gasteiger partial charge in [0.15, 0.2) is 11.6 Å². The van der Waals surface area contributed by atoms with E-state index in [2.05, 4.69) is 39.2 Å². The molecule has 0 radical (unpaired) electrons. The van der Waals surface area contributed by atoms with Crippen LogP contribution in [0.4, 0.5) is 16.3 Å². The highest BCUT2D eigenvalue weighted by Gasteiger charge is 2.28. The lowest BCUT2D eigenvalue weighted by atomic mass is 9.93. The maximum Gasteiger partial charge on any atom is 0.323 e. The summed E-state index contributed by atoms with van der Waals surface area (Å²) in [6, 6.07) is 7.19. The van der Waals surface area contributed by atoms with E-state index in [4.69, 9.17) is 19.2 Å². The van der Waals surface area contributed by atoms with Crippen molar-refractivity contribution in [3.8, 4) is 11.4 Å². The molecule has 2 aliphatic heterocycles. The van der Waals surface area contributed by atoms with Crippen LogP contribution >= 0.6 is 0 Å². The van der Waals surface area contributed by atoms with Crippen LogP contribution in [0.5, 0.6) is 0 Å². The minimum Gasteiger partial charge on any atom is -0.378 e. The third-order valence-corrected chi connectivity index (χ3v) is 7.12. The minimum absolute atomic E-state index is 0.302. The molecule has 0 atom stereocenters. The van der Waals surface area contributed by atoms with Crippen LogP contribution in [0.2, 0.25) is 0 Å². The molecule has 10 heteroatoms. The number of piperidine rings is 1. The number of allylic oxidation sites excluding steroid dienone is 4. The predicted octanol–water partition coefficient (Wildman–Crippen LogP) is 4.70. The van der Waals surface area contributed by atoms with E-state index in [0.717, 1.165) is 61.6 Å². The van der Waals surface area contributed by atoms with Crippen LogP contribution in [0.15, 0.2) is 65.4 Å². The fourth-order valence-electron chi connectivity index (χ4n) is 4.88. The fraction of sp³-hybridized carbons (Fsp3) is 0.379. The molecule has 204 valence electrons. The first kappa shape index (κ1) is 26.6. The Bertz CT molecular complexity index is 1370. The summed E-state index contributed by atoms with van der Waals surface area (Å²) in [5.41, 5.74) is 4.51. The molecule has 0 aliphatic carbocycles. The average molecular weight is 530 g/mol. The standard InChI is InChI=1S/C29H35N7O3/c1-4-6-7-22(5-2)30-29(37)31-23-10-8-21(9-11-23)27-32-25-24(20-12-14-35(3)15-13-20)34-39-26(25)28(33-27)36-16-18-38-19-17-36/h4-11,20H,1,12-19H2,2-3H3,(H2,30,31,37)/b7-6-,22-5+. The number of nitrogens with one attached hydrogen (secondary N) is 2. The lowest BCUT2D eigenvalue weighted by Gasteiger charge is -2.28. The van der Waals surface area contributed by atoms with Gasteiger partial charge in [-0.15, -0.1) is 0 Å². The lowest BCUT2D eigenvalue weighted by molar-refractivity contribution is 0.122. The normalized spacial score (nSPS) is 17.6. The van der Waals surface area contributed by atoms with Crippen LogP contribution in [0.3, 0.4) is 0 Å². The molecule has 0 spiro atoms. The van der Waals surface area contributed by atoms with Crippen molar-refractivity contribution in [3.63, 3.8) is 0 Å². The molecule has 2 N–H and O–H groups in total. The Morgan fingerprint density at radius 1 is 1.10 bits per heavy atom. The molecule has 1 aromatic carbocycles. The van der Waals surface area contributed by atoms with Crippen molar-refractivity contribution in [2.45, 2.75) is 25.7 Å². The van der Waals surface area contributed by atoms with Gasteiger partial charge in [-0.1, -0.05) is 30.0 Å². The molecular formula is C29H35N7O3. The van der Waals surface area contributed by atoms with Crippen LogP contribution < -0.4 is 15.5 Å². The number of urea groups is 1. The number of benzene rings is 1. The number of rotatable bonds is 7. The maximum absolute atomic E-state index is 12.5. The highest BCUT2D eigenvalue weighted by Crippen LogP contribution is 2.36. The summed E-state index contributed by atoms with van der Waals surface area (Å²) in [5.74, 6) is 1.65. The van der Waals surface area contributed by atoms with Crippen LogP contribution in [0.1, 0.15) is 31.4 Å². The number of morpholine rings is 1. The molecule has 2 amide bonds. The summed E-state index contributed by atoms with van der Waals surface area (Å²) in [4.78, 5) is 26.9. The average Bonchev–Trinajstić information content (AvgIpc) is 3.40. The predicted molar refractivity (Wildman–Crippen MR) is 153 cm³/mol. The van der Waals surface area contributed by atoms with E-state index in [1.54, 1.807) is 18.2 Å². The summed E-state index contributed by atoms with van der Waals surface area (Å²) in [7, 11) is 2.15. The summed E-state index contributed by atoms with van der Waals surface area (Å²) in [5, 5.41) is 10.2. The zero-order valence-electron chi connectivity index (χ0n) is 22.5. The molecule has 10 nitrogen and oxygen atoms in total. The van der Waals surface area contributed by atoms with Crippen molar-refractivity contribution in [2.24, 2.45) is 0 Å². The van der Waals surface area contributed by atoms with Gasteiger partial charge in [-0.2, -0.15) is 0 Å². The number of anilines is 2. The number of hydrogen-bond acceptors (Lipinski definition) is 8. The van der Waals surface area contributed by atoms with E-state index in [9.17, 15) is 4.79 Å². The molecule has 2 fully saturated rings. The summed E-state index contributed by atoms with van der Waals surface area (Å²) in [6.45, 7) is 10.3. The number of fused-ring (bicyclic) bond motifs is 1. The Labute approximate surface area is 228 Å². The number of hydrogen-bond donors (Lipinski definition) is 2. The van der Waals surface area contributed by atoms with Gasteiger partial charge in [-0.05, 0) is 70.2 Å². The summed E-state index contributed by atoms with van der Waals surface area (Å²) in [6.07, 6.45) is 9.05. The van der Waals surface area contributed by atoms with E-state index in [1.165, 1.54) is 0 Å². The van der Waals surface area contributed by atoms with Crippen LogP contribution in [0, 0.1) is 0 Å². The molecule has 2 saturated heterocycles. The first-order chi connectivity index (χ1) is 19.1. The molecule has 2 aromatic heterocycles. The number of carbonyl (C=O) groups excluding carboxylic acids is 1. The van der Waals surface area contributed by atoms with E-state index in [-0.39, 0.29) is 6.03 Å². The summed E-state index contributed by atoms with van der Waals surface area (Å²) < 4.78 is 11.5. The number of carbonyl (C=O) groups is 1. The van der Waals surface area contributed by atoms with Crippen LogP contribution in [0.25, 0.3) is 22.5 Å². The van der Waals surface area contributed by atoms with E-state index in [0.29, 0.717) is 41.9 Å². The van der Waals surface area contributed by atoms with E-state index < -0.39 is 0 Å². The van der Waals surface area contributed by atoms with Crippen LogP contribution in [-0.2, 0) is 4.74 Å². The molecule has 0 unspecified atom stereocenters. The molecular weight excluding hydrogens is 494 g/mol. The van der Waals surface area contributed by atoms with Crippen molar-refractivity contribution in [1.82, 2.24) is 25.3 Å². The smallest absolute Gasteiger partial charge is 0.323 e. The minimum atomic E-state index is -0.330. The Balaban J connectivity index is 1.42. The largest absolute Gasteiger partial charge is 0.378 e. The first-order valence-electron chi connectivity index (χ1n) is 13.4.